The first kappa shape index (κ1) is 22.5. The van der Waals surface area contributed by atoms with Crippen molar-refractivity contribution in [3.63, 3.8) is 0 Å². The van der Waals surface area contributed by atoms with Crippen LogP contribution in [0.4, 0.5) is 0 Å². The van der Waals surface area contributed by atoms with Gasteiger partial charge in [0.15, 0.2) is 11.7 Å². The SMILES string of the molecule is O=C(COc1ccc2cc(Br)ccc2c1Br)NC(=S)NNC(=O)c1cccc(Cl)c1. The van der Waals surface area contributed by atoms with Crippen LogP contribution in [0.2, 0.25) is 5.02 Å². The zero-order chi connectivity index (χ0) is 21.7. The molecule has 0 bridgehead atoms. The van der Waals surface area contributed by atoms with E-state index in [1.807, 2.05) is 24.3 Å². The number of hydrogen-bond donors (Lipinski definition) is 3. The second kappa shape index (κ2) is 10.2. The molecule has 3 N–H and O–H groups in total. The van der Waals surface area contributed by atoms with E-state index in [0.717, 1.165) is 19.7 Å². The molecule has 10 heteroatoms. The Morgan fingerprint density at radius 2 is 1.83 bits per heavy atom. The van der Waals surface area contributed by atoms with Crippen LogP contribution in [-0.2, 0) is 4.79 Å². The molecule has 3 aromatic carbocycles. The highest BCUT2D eigenvalue weighted by atomic mass is 79.9. The summed E-state index contributed by atoms with van der Waals surface area (Å²) in [7, 11) is 0. The van der Waals surface area contributed by atoms with Crippen molar-refractivity contribution in [3.8, 4) is 5.75 Å². The molecule has 0 atom stereocenters. The lowest BCUT2D eigenvalue weighted by Gasteiger charge is -2.13. The third-order valence-electron chi connectivity index (χ3n) is 3.87. The van der Waals surface area contributed by atoms with Gasteiger partial charge in [0.2, 0.25) is 0 Å². The Kier molecular flexibility index (Phi) is 7.65. The highest BCUT2D eigenvalue weighted by molar-refractivity contribution is 9.11. The van der Waals surface area contributed by atoms with Gasteiger partial charge in [-0.3, -0.25) is 25.8 Å². The van der Waals surface area contributed by atoms with Crippen molar-refractivity contribution in [3.05, 3.63) is 74.1 Å². The molecule has 0 radical (unpaired) electrons. The topological polar surface area (TPSA) is 79.5 Å². The summed E-state index contributed by atoms with van der Waals surface area (Å²) in [5.41, 5.74) is 5.19. The summed E-state index contributed by atoms with van der Waals surface area (Å²) >= 11 is 17.8. The van der Waals surface area contributed by atoms with Crippen LogP contribution in [0.15, 0.2) is 63.5 Å². The lowest BCUT2D eigenvalue weighted by molar-refractivity contribution is -0.121. The molecule has 0 heterocycles. The monoisotopic (exact) mass is 569 g/mol. The van der Waals surface area contributed by atoms with E-state index >= 15 is 0 Å². The van der Waals surface area contributed by atoms with Crippen LogP contribution in [0.5, 0.6) is 5.75 Å². The predicted molar refractivity (Wildman–Crippen MR) is 128 cm³/mol. The van der Waals surface area contributed by atoms with Crippen LogP contribution in [0.3, 0.4) is 0 Å². The maximum absolute atomic E-state index is 12.1. The second-order valence-electron chi connectivity index (χ2n) is 6.00. The number of halogens is 3. The average Bonchev–Trinajstić information content (AvgIpc) is 2.71. The van der Waals surface area contributed by atoms with Gasteiger partial charge >= 0.3 is 0 Å². The van der Waals surface area contributed by atoms with E-state index in [9.17, 15) is 9.59 Å². The van der Waals surface area contributed by atoms with Crippen molar-refractivity contribution >= 4 is 83.4 Å². The number of amides is 2. The summed E-state index contributed by atoms with van der Waals surface area (Å²) < 4.78 is 7.30. The number of nitrogens with one attached hydrogen (secondary N) is 3. The molecule has 0 unspecified atom stereocenters. The van der Waals surface area contributed by atoms with Gasteiger partial charge in [0, 0.05) is 15.1 Å². The Morgan fingerprint density at radius 3 is 2.60 bits per heavy atom. The maximum Gasteiger partial charge on any atom is 0.269 e. The second-order valence-corrected chi connectivity index (χ2v) is 8.55. The highest BCUT2D eigenvalue weighted by Gasteiger charge is 2.11. The van der Waals surface area contributed by atoms with Crippen LogP contribution in [0, 0.1) is 0 Å². The predicted octanol–water partition coefficient (Wildman–Crippen LogP) is 4.73. The molecule has 6 nitrogen and oxygen atoms in total. The van der Waals surface area contributed by atoms with Crippen LogP contribution in [0.1, 0.15) is 10.4 Å². The van der Waals surface area contributed by atoms with E-state index in [1.165, 1.54) is 6.07 Å². The lowest BCUT2D eigenvalue weighted by atomic mass is 10.1. The zero-order valence-electron chi connectivity index (χ0n) is 15.2. The average molecular weight is 572 g/mol. The summed E-state index contributed by atoms with van der Waals surface area (Å²) in [6.07, 6.45) is 0. The van der Waals surface area contributed by atoms with Crippen molar-refractivity contribution in [2.75, 3.05) is 6.61 Å². The molecule has 0 aliphatic carbocycles. The van der Waals surface area contributed by atoms with Crippen molar-refractivity contribution < 1.29 is 14.3 Å². The van der Waals surface area contributed by atoms with Gasteiger partial charge < -0.3 is 4.74 Å². The van der Waals surface area contributed by atoms with E-state index < -0.39 is 11.8 Å². The van der Waals surface area contributed by atoms with E-state index in [2.05, 4.69) is 48.0 Å². The largest absolute Gasteiger partial charge is 0.483 e. The number of ether oxygens (including phenoxy) is 1. The quantitative estimate of drug-likeness (QED) is 0.312. The number of benzene rings is 3. The third kappa shape index (κ3) is 5.91. The smallest absolute Gasteiger partial charge is 0.269 e. The first-order valence-corrected chi connectivity index (χ1v) is 10.9. The van der Waals surface area contributed by atoms with Gasteiger partial charge in [-0.1, -0.05) is 45.7 Å². The molecule has 0 saturated carbocycles. The molecule has 0 aliphatic heterocycles. The van der Waals surface area contributed by atoms with Crippen molar-refractivity contribution in [1.29, 1.82) is 0 Å². The Hall–Kier alpha value is -2.20. The van der Waals surface area contributed by atoms with Gasteiger partial charge in [-0.15, -0.1) is 0 Å². The van der Waals surface area contributed by atoms with Crippen molar-refractivity contribution in [2.45, 2.75) is 0 Å². The van der Waals surface area contributed by atoms with Gasteiger partial charge in [0.05, 0.1) is 4.47 Å². The Labute approximate surface area is 199 Å². The molecule has 0 fully saturated rings. The summed E-state index contributed by atoms with van der Waals surface area (Å²) in [5.74, 6) is -0.405. The van der Waals surface area contributed by atoms with Crippen LogP contribution >= 0.6 is 55.7 Å². The maximum atomic E-state index is 12.1. The third-order valence-corrected chi connectivity index (χ3v) is 5.62. The first-order valence-electron chi connectivity index (χ1n) is 8.50. The summed E-state index contributed by atoms with van der Waals surface area (Å²) in [6.45, 7) is -0.259. The van der Waals surface area contributed by atoms with Crippen molar-refractivity contribution in [2.24, 2.45) is 0 Å². The van der Waals surface area contributed by atoms with Crippen LogP contribution in [0.25, 0.3) is 10.8 Å². The fourth-order valence-electron chi connectivity index (χ4n) is 2.51. The Morgan fingerprint density at radius 1 is 1.03 bits per heavy atom. The minimum absolute atomic E-state index is 0.0681. The molecule has 2 amide bonds. The van der Waals surface area contributed by atoms with Crippen LogP contribution in [-0.4, -0.2) is 23.5 Å². The number of rotatable bonds is 4. The summed E-state index contributed by atoms with van der Waals surface area (Å²) in [6, 6.07) is 15.9. The Balaban J connectivity index is 1.50. The number of hydrogen-bond acceptors (Lipinski definition) is 4. The number of thiocarbonyl (C=S) groups is 1. The van der Waals surface area contributed by atoms with Crippen molar-refractivity contribution in [1.82, 2.24) is 16.2 Å². The molecule has 0 saturated heterocycles. The molecular weight excluding hydrogens is 558 g/mol. The number of fused-ring (bicyclic) bond motifs is 1. The van der Waals surface area contributed by atoms with E-state index in [-0.39, 0.29) is 11.7 Å². The molecule has 0 aromatic heterocycles. The number of carbonyl (C=O) groups is 2. The molecule has 0 spiro atoms. The van der Waals surface area contributed by atoms with Gasteiger partial charge in [0.1, 0.15) is 5.75 Å². The molecule has 154 valence electrons. The van der Waals surface area contributed by atoms with Gasteiger partial charge in [0.25, 0.3) is 11.8 Å². The highest BCUT2D eigenvalue weighted by Crippen LogP contribution is 2.34. The summed E-state index contributed by atoms with van der Waals surface area (Å²) in [5, 5.41) is 4.77. The summed E-state index contributed by atoms with van der Waals surface area (Å²) in [4.78, 5) is 24.1. The first-order chi connectivity index (χ1) is 14.3. The molecular formula is C20H14Br2ClN3O3S. The number of hydrazine groups is 1. The van der Waals surface area contributed by atoms with E-state index in [4.69, 9.17) is 28.6 Å². The Bertz CT molecular complexity index is 1140. The fraction of sp³-hybridized carbons (Fsp3) is 0.0500. The van der Waals surface area contributed by atoms with Gasteiger partial charge in [-0.2, -0.15) is 0 Å². The molecule has 3 aromatic rings. The van der Waals surface area contributed by atoms with E-state index in [0.29, 0.717) is 16.3 Å². The molecule has 3 rings (SSSR count). The molecule has 30 heavy (non-hydrogen) atoms. The van der Waals surface area contributed by atoms with Gasteiger partial charge in [-0.25, -0.2) is 0 Å². The normalized spacial score (nSPS) is 10.4. The number of carbonyl (C=O) groups excluding carboxylic acids is 2. The van der Waals surface area contributed by atoms with E-state index in [1.54, 1.807) is 24.3 Å². The van der Waals surface area contributed by atoms with Crippen LogP contribution < -0.4 is 20.9 Å². The van der Waals surface area contributed by atoms with Gasteiger partial charge in [-0.05, 0) is 75.3 Å². The standard InChI is InChI=1S/C20H14Br2ClN3O3S/c21-13-5-6-15-11(8-13)4-7-16(18(15)22)29-10-17(27)24-20(30)26-25-19(28)12-2-1-3-14(23)9-12/h1-9H,10H2,(H,25,28)(H2,24,26,27,30). The zero-order valence-corrected chi connectivity index (χ0v) is 19.9. The molecule has 0 aliphatic rings. The minimum atomic E-state index is -0.479. The lowest BCUT2D eigenvalue weighted by Crippen LogP contribution is -2.49. The minimum Gasteiger partial charge on any atom is -0.483 e. The fourth-order valence-corrected chi connectivity index (χ4v) is 3.85.